The molecule has 1 saturated heterocycles. The molecule has 0 atom stereocenters. The summed E-state index contributed by atoms with van der Waals surface area (Å²) in [6, 6.07) is 9.79. The van der Waals surface area contributed by atoms with Crippen LogP contribution in [0.5, 0.6) is 5.75 Å². The molecule has 0 spiro atoms. The predicted octanol–water partition coefficient (Wildman–Crippen LogP) is 4.21. The minimum atomic E-state index is 0.549. The summed E-state index contributed by atoms with van der Waals surface area (Å²) in [4.78, 5) is 15.6. The molecule has 2 aromatic heterocycles. The van der Waals surface area contributed by atoms with E-state index in [9.17, 15) is 0 Å². The minimum absolute atomic E-state index is 0.549. The number of ether oxygens (including phenoxy) is 1. The van der Waals surface area contributed by atoms with Gasteiger partial charge in [0.15, 0.2) is 0 Å². The molecule has 27 heavy (non-hydrogen) atoms. The van der Waals surface area contributed by atoms with E-state index in [0.29, 0.717) is 12.6 Å². The topological polar surface area (TPSA) is 63.2 Å². The van der Waals surface area contributed by atoms with Crippen molar-refractivity contribution in [3.63, 3.8) is 0 Å². The van der Waals surface area contributed by atoms with E-state index >= 15 is 0 Å². The zero-order valence-electron chi connectivity index (χ0n) is 15.2. The lowest BCUT2D eigenvalue weighted by molar-refractivity contribution is 0.183. The Morgan fingerprint density at radius 1 is 1.07 bits per heavy atom. The second-order valence-corrected chi connectivity index (χ2v) is 7.40. The standard InChI is InChI=1S/C20H23N5OS/c1-2-10-25(11-3-1)12-13-26-17-6-4-5-16(15-17)23-20-22-8-7-18(24-20)19-21-9-14-27-19/h4-9,14-15H,1-3,10-13H2,(H,22,23,24). The van der Waals surface area contributed by atoms with Gasteiger partial charge in [-0.15, -0.1) is 11.3 Å². The Kier molecular flexibility index (Phi) is 5.91. The Morgan fingerprint density at radius 3 is 2.85 bits per heavy atom. The molecule has 1 aromatic carbocycles. The van der Waals surface area contributed by atoms with E-state index in [4.69, 9.17) is 4.74 Å². The number of hydrogen-bond acceptors (Lipinski definition) is 7. The molecule has 140 valence electrons. The first kappa shape index (κ1) is 17.9. The molecule has 1 aliphatic heterocycles. The highest BCUT2D eigenvalue weighted by atomic mass is 32.1. The molecule has 0 bridgehead atoms. The third-order valence-electron chi connectivity index (χ3n) is 4.52. The van der Waals surface area contributed by atoms with Gasteiger partial charge in [-0.25, -0.2) is 15.0 Å². The van der Waals surface area contributed by atoms with Crippen LogP contribution in [-0.2, 0) is 0 Å². The van der Waals surface area contributed by atoms with Gasteiger partial charge in [0.2, 0.25) is 5.95 Å². The van der Waals surface area contributed by atoms with Crippen LogP contribution in [0.25, 0.3) is 10.7 Å². The Labute approximate surface area is 163 Å². The number of nitrogens with one attached hydrogen (secondary N) is 1. The van der Waals surface area contributed by atoms with Crippen LogP contribution in [-0.4, -0.2) is 46.1 Å². The molecule has 0 radical (unpaired) electrons. The summed E-state index contributed by atoms with van der Waals surface area (Å²) >= 11 is 1.56. The van der Waals surface area contributed by atoms with E-state index in [1.807, 2.05) is 35.7 Å². The summed E-state index contributed by atoms with van der Waals surface area (Å²) < 4.78 is 5.94. The highest BCUT2D eigenvalue weighted by Gasteiger charge is 2.10. The predicted molar refractivity (Wildman–Crippen MR) is 109 cm³/mol. The maximum atomic E-state index is 5.94. The normalized spacial score (nSPS) is 14.8. The van der Waals surface area contributed by atoms with Crippen LogP contribution in [0.4, 0.5) is 11.6 Å². The van der Waals surface area contributed by atoms with Crippen molar-refractivity contribution >= 4 is 23.0 Å². The van der Waals surface area contributed by atoms with E-state index in [2.05, 4.69) is 25.2 Å². The summed E-state index contributed by atoms with van der Waals surface area (Å²) in [5.74, 6) is 1.40. The molecule has 1 aliphatic rings. The summed E-state index contributed by atoms with van der Waals surface area (Å²) in [6.07, 6.45) is 7.49. The smallest absolute Gasteiger partial charge is 0.227 e. The molecule has 6 nitrogen and oxygen atoms in total. The molecule has 0 saturated carbocycles. The first-order chi connectivity index (χ1) is 13.4. The molecule has 0 amide bonds. The average molecular weight is 382 g/mol. The molecule has 0 unspecified atom stereocenters. The molecule has 1 N–H and O–H groups in total. The molecule has 3 aromatic rings. The molecule has 3 heterocycles. The molecule has 7 heteroatoms. The number of aromatic nitrogens is 3. The van der Waals surface area contributed by atoms with Crippen molar-refractivity contribution in [2.75, 3.05) is 31.6 Å². The SMILES string of the molecule is c1cc(Nc2nccc(-c3nccs3)n2)cc(OCCN2CCCCC2)c1. The Hall–Kier alpha value is -2.51. The fourth-order valence-corrected chi connectivity index (χ4v) is 3.76. The largest absolute Gasteiger partial charge is 0.492 e. The van der Waals surface area contributed by atoms with Crippen LogP contribution in [0, 0.1) is 0 Å². The van der Waals surface area contributed by atoms with Crippen molar-refractivity contribution in [3.8, 4) is 16.5 Å². The van der Waals surface area contributed by atoms with E-state index in [-0.39, 0.29) is 0 Å². The van der Waals surface area contributed by atoms with Gasteiger partial charge in [0.05, 0.1) is 0 Å². The molecule has 0 aliphatic carbocycles. The maximum Gasteiger partial charge on any atom is 0.227 e. The van der Waals surface area contributed by atoms with E-state index in [1.165, 1.54) is 32.4 Å². The number of piperidine rings is 1. The van der Waals surface area contributed by atoms with Crippen LogP contribution >= 0.6 is 11.3 Å². The summed E-state index contributed by atoms with van der Waals surface area (Å²) in [5, 5.41) is 6.07. The number of benzene rings is 1. The second kappa shape index (κ2) is 8.92. The van der Waals surface area contributed by atoms with Gasteiger partial charge in [0.1, 0.15) is 23.1 Å². The number of thiazole rings is 1. The van der Waals surface area contributed by atoms with E-state index in [1.54, 1.807) is 23.7 Å². The highest BCUT2D eigenvalue weighted by Crippen LogP contribution is 2.23. The number of anilines is 2. The van der Waals surface area contributed by atoms with Gasteiger partial charge in [-0.3, -0.25) is 4.90 Å². The Bertz CT molecular complexity index is 849. The van der Waals surface area contributed by atoms with Gasteiger partial charge in [-0.1, -0.05) is 12.5 Å². The molecule has 4 rings (SSSR count). The summed E-state index contributed by atoms with van der Waals surface area (Å²) in [6.45, 7) is 4.07. The summed E-state index contributed by atoms with van der Waals surface area (Å²) in [7, 11) is 0. The van der Waals surface area contributed by atoms with Gasteiger partial charge in [0.25, 0.3) is 0 Å². The lowest BCUT2D eigenvalue weighted by atomic mass is 10.1. The second-order valence-electron chi connectivity index (χ2n) is 6.51. The molecular weight excluding hydrogens is 358 g/mol. The lowest BCUT2D eigenvalue weighted by Crippen LogP contribution is -2.33. The zero-order chi connectivity index (χ0) is 18.3. The average Bonchev–Trinajstić information content (AvgIpc) is 3.24. The number of likely N-dealkylation sites (tertiary alicyclic amines) is 1. The van der Waals surface area contributed by atoms with Crippen LogP contribution in [0.1, 0.15) is 19.3 Å². The van der Waals surface area contributed by atoms with Gasteiger partial charge < -0.3 is 10.1 Å². The monoisotopic (exact) mass is 381 g/mol. The third-order valence-corrected chi connectivity index (χ3v) is 5.32. The van der Waals surface area contributed by atoms with Crippen LogP contribution in [0.2, 0.25) is 0 Å². The van der Waals surface area contributed by atoms with Gasteiger partial charge in [0, 0.05) is 36.1 Å². The molecular formula is C20H23N5OS. The van der Waals surface area contributed by atoms with Crippen LogP contribution in [0.3, 0.4) is 0 Å². The van der Waals surface area contributed by atoms with Crippen molar-refractivity contribution in [3.05, 3.63) is 48.1 Å². The minimum Gasteiger partial charge on any atom is -0.492 e. The number of nitrogens with zero attached hydrogens (tertiary/aromatic N) is 4. The highest BCUT2D eigenvalue weighted by molar-refractivity contribution is 7.13. The molecule has 1 fully saturated rings. The van der Waals surface area contributed by atoms with Crippen LogP contribution < -0.4 is 10.1 Å². The third kappa shape index (κ3) is 5.02. The maximum absolute atomic E-state index is 5.94. The first-order valence-corrected chi connectivity index (χ1v) is 10.2. The van der Waals surface area contributed by atoms with Crippen LogP contribution in [0.15, 0.2) is 48.1 Å². The number of hydrogen-bond donors (Lipinski definition) is 1. The van der Waals surface area contributed by atoms with Crippen molar-refractivity contribution in [2.45, 2.75) is 19.3 Å². The quantitative estimate of drug-likeness (QED) is 0.661. The number of rotatable bonds is 7. The lowest BCUT2D eigenvalue weighted by Gasteiger charge is -2.26. The van der Waals surface area contributed by atoms with Gasteiger partial charge >= 0.3 is 0 Å². The van der Waals surface area contributed by atoms with Gasteiger partial charge in [-0.05, 0) is 44.1 Å². The summed E-state index contributed by atoms with van der Waals surface area (Å²) in [5.41, 5.74) is 1.72. The van der Waals surface area contributed by atoms with Crippen molar-refractivity contribution in [1.82, 2.24) is 19.9 Å². The van der Waals surface area contributed by atoms with E-state index in [0.717, 1.165) is 28.7 Å². The van der Waals surface area contributed by atoms with Crippen molar-refractivity contribution < 1.29 is 4.74 Å². The van der Waals surface area contributed by atoms with Crippen molar-refractivity contribution in [1.29, 1.82) is 0 Å². The van der Waals surface area contributed by atoms with Gasteiger partial charge in [-0.2, -0.15) is 0 Å². The Morgan fingerprint density at radius 2 is 2.00 bits per heavy atom. The van der Waals surface area contributed by atoms with E-state index < -0.39 is 0 Å². The van der Waals surface area contributed by atoms with Crippen molar-refractivity contribution in [2.24, 2.45) is 0 Å². The fourth-order valence-electron chi connectivity index (χ4n) is 3.16. The Balaban J connectivity index is 1.35. The first-order valence-electron chi connectivity index (χ1n) is 9.32. The zero-order valence-corrected chi connectivity index (χ0v) is 16.0. The fraction of sp³-hybridized carbons (Fsp3) is 0.350.